The average Bonchev–Trinajstić information content (AvgIpc) is 2.88. The van der Waals surface area contributed by atoms with Crippen molar-refractivity contribution in [2.75, 3.05) is 0 Å². The van der Waals surface area contributed by atoms with Gasteiger partial charge in [-0.1, -0.05) is 28.4 Å². The summed E-state index contributed by atoms with van der Waals surface area (Å²) < 4.78 is 5.31. The van der Waals surface area contributed by atoms with Gasteiger partial charge in [-0.25, -0.2) is 0 Å². The molecule has 19 heavy (non-hydrogen) atoms. The van der Waals surface area contributed by atoms with Crippen LogP contribution in [-0.4, -0.2) is 15.1 Å². The van der Waals surface area contributed by atoms with E-state index in [0.29, 0.717) is 17.4 Å². The number of nitrogens with zero attached hydrogens (tertiary/aromatic N) is 3. The predicted molar refractivity (Wildman–Crippen MR) is 72.4 cm³/mol. The normalized spacial score (nSPS) is 10.6. The third kappa shape index (κ3) is 2.38. The summed E-state index contributed by atoms with van der Waals surface area (Å²) in [6.45, 7) is 4.10. The first-order valence-electron chi connectivity index (χ1n) is 6.06. The van der Waals surface area contributed by atoms with Crippen LogP contribution in [0.25, 0.3) is 23.0 Å². The van der Waals surface area contributed by atoms with E-state index >= 15 is 0 Å². The Balaban J connectivity index is 2.02. The highest BCUT2D eigenvalue weighted by molar-refractivity contribution is 5.59. The van der Waals surface area contributed by atoms with E-state index in [1.165, 1.54) is 11.1 Å². The summed E-state index contributed by atoms with van der Waals surface area (Å²) in [5, 5.41) is 3.97. The van der Waals surface area contributed by atoms with Crippen molar-refractivity contribution in [3.63, 3.8) is 0 Å². The molecule has 4 nitrogen and oxygen atoms in total. The lowest BCUT2D eigenvalue weighted by Gasteiger charge is -1.99. The summed E-state index contributed by atoms with van der Waals surface area (Å²) in [7, 11) is 0. The summed E-state index contributed by atoms with van der Waals surface area (Å²) in [6, 6.07) is 11.8. The van der Waals surface area contributed by atoms with Crippen LogP contribution in [0, 0.1) is 13.8 Å². The number of aromatic nitrogens is 3. The van der Waals surface area contributed by atoms with Crippen molar-refractivity contribution in [3.05, 3.63) is 53.7 Å². The van der Waals surface area contributed by atoms with Crippen molar-refractivity contribution >= 4 is 0 Å². The maximum Gasteiger partial charge on any atom is 0.258 e. The van der Waals surface area contributed by atoms with Crippen LogP contribution in [0.5, 0.6) is 0 Å². The average molecular weight is 251 g/mol. The molecule has 0 saturated carbocycles. The fourth-order valence-electron chi connectivity index (χ4n) is 2.04. The van der Waals surface area contributed by atoms with Gasteiger partial charge < -0.3 is 4.52 Å². The summed E-state index contributed by atoms with van der Waals surface area (Å²) in [4.78, 5) is 8.60. The molecule has 94 valence electrons. The third-order valence-corrected chi connectivity index (χ3v) is 2.79. The van der Waals surface area contributed by atoms with Gasteiger partial charge in [0.15, 0.2) is 0 Å². The molecule has 3 aromatic rings. The molecule has 1 aromatic carbocycles. The van der Waals surface area contributed by atoms with Crippen LogP contribution >= 0.6 is 0 Å². The second-order valence-electron chi connectivity index (χ2n) is 4.51. The zero-order valence-corrected chi connectivity index (χ0v) is 10.8. The van der Waals surface area contributed by atoms with Crippen LogP contribution in [0.1, 0.15) is 11.1 Å². The highest BCUT2D eigenvalue weighted by Gasteiger charge is 2.11. The van der Waals surface area contributed by atoms with Crippen molar-refractivity contribution in [2.24, 2.45) is 0 Å². The van der Waals surface area contributed by atoms with Crippen molar-refractivity contribution in [2.45, 2.75) is 13.8 Å². The molecule has 0 bridgehead atoms. The van der Waals surface area contributed by atoms with Gasteiger partial charge in [0.1, 0.15) is 5.69 Å². The second-order valence-corrected chi connectivity index (χ2v) is 4.51. The monoisotopic (exact) mass is 251 g/mol. The van der Waals surface area contributed by atoms with Crippen LogP contribution in [-0.2, 0) is 0 Å². The summed E-state index contributed by atoms with van der Waals surface area (Å²) >= 11 is 0. The molecule has 2 aromatic heterocycles. The number of rotatable bonds is 2. The highest BCUT2D eigenvalue weighted by Crippen LogP contribution is 2.22. The van der Waals surface area contributed by atoms with E-state index in [-0.39, 0.29) is 0 Å². The van der Waals surface area contributed by atoms with E-state index in [9.17, 15) is 0 Å². The number of hydrogen-bond acceptors (Lipinski definition) is 4. The van der Waals surface area contributed by atoms with Crippen LogP contribution in [0.2, 0.25) is 0 Å². The van der Waals surface area contributed by atoms with Gasteiger partial charge in [-0.2, -0.15) is 4.98 Å². The third-order valence-electron chi connectivity index (χ3n) is 2.79. The summed E-state index contributed by atoms with van der Waals surface area (Å²) in [5.41, 5.74) is 3.99. The van der Waals surface area contributed by atoms with Gasteiger partial charge in [-0.3, -0.25) is 4.98 Å². The molecule has 2 heterocycles. The Labute approximate surface area is 111 Å². The van der Waals surface area contributed by atoms with E-state index in [0.717, 1.165) is 5.56 Å². The quantitative estimate of drug-likeness (QED) is 0.700. The Morgan fingerprint density at radius 1 is 1.00 bits per heavy atom. The Bertz CT molecular complexity index is 684. The van der Waals surface area contributed by atoms with Crippen molar-refractivity contribution in [1.82, 2.24) is 15.1 Å². The first-order valence-corrected chi connectivity index (χ1v) is 6.06. The Hall–Kier alpha value is -2.49. The highest BCUT2D eigenvalue weighted by atomic mass is 16.5. The molecular formula is C15H13N3O. The minimum Gasteiger partial charge on any atom is -0.334 e. The van der Waals surface area contributed by atoms with Crippen molar-refractivity contribution in [1.29, 1.82) is 0 Å². The standard InChI is InChI=1S/C15H13N3O/c1-10-7-11(2)9-12(8-10)15-17-14(18-19-15)13-5-3-4-6-16-13/h3-9H,1-2H3. The number of pyridine rings is 1. The Morgan fingerprint density at radius 2 is 1.79 bits per heavy atom. The van der Waals surface area contributed by atoms with Gasteiger partial charge in [-0.05, 0) is 38.1 Å². The molecule has 0 atom stereocenters. The van der Waals surface area contributed by atoms with Gasteiger partial charge in [0, 0.05) is 11.8 Å². The van der Waals surface area contributed by atoms with Crippen LogP contribution in [0.15, 0.2) is 47.1 Å². The van der Waals surface area contributed by atoms with Gasteiger partial charge in [0.2, 0.25) is 5.82 Å². The maximum atomic E-state index is 5.31. The van der Waals surface area contributed by atoms with E-state index in [4.69, 9.17) is 4.52 Å². The summed E-state index contributed by atoms with van der Waals surface area (Å²) in [5.74, 6) is 1.03. The first-order chi connectivity index (χ1) is 9.22. The minimum absolute atomic E-state index is 0.509. The molecule has 0 fully saturated rings. The Kier molecular flexibility index (Phi) is 2.83. The number of hydrogen-bond donors (Lipinski definition) is 0. The topological polar surface area (TPSA) is 51.8 Å². The van der Waals surface area contributed by atoms with Crippen LogP contribution in [0.4, 0.5) is 0 Å². The fraction of sp³-hybridized carbons (Fsp3) is 0.133. The lowest BCUT2D eigenvalue weighted by Crippen LogP contribution is -1.85. The molecule has 3 rings (SSSR count). The maximum absolute atomic E-state index is 5.31. The van der Waals surface area contributed by atoms with E-state index in [1.54, 1.807) is 6.20 Å². The smallest absolute Gasteiger partial charge is 0.258 e. The largest absolute Gasteiger partial charge is 0.334 e. The molecule has 0 spiro atoms. The molecule has 0 aliphatic rings. The molecule has 0 unspecified atom stereocenters. The van der Waals surface area contributed by atoms with Gasteiger partial charge in [-0.15, -0.1) is 0 Å². The van der Waals surface area contributed by atoms with Crippen LogP contribution < -0.4 is 0 Å². The van der Waals surface area contributed by atoms with E-state index in [1.807, 2.05) is 44.2 Å². The van der Waals surface area contributed by atoms with Gasteiger partial charge >= 0.3 is 0 Å². The molecule has 0 saturated heterocycles. The zero-order chi connectivity index (χ0) is 13.2. The van der Waals surface area contributed by atoms with Crippen LogP contribution in [0.3, 0.4) is 0 Å². The molecule has 4 heteroatoms. The first kappa shape index (κ1) is 11.6. The number of aryl methyl sites for hydroxylation is 2. The zero-order valence-electron chi connectivity index (χ0n) is 10.8. The molecule has 0 radical (unpaired) electrons. The van der Waals surface area contributed by atoms with E-state index < -0.39 is 0 Å². The molecule has 0 aliphatic carbocycles. The molecule has 0 amide bonds. The SMILES string of the molecule is Cc1cc(C)cc(-c2nc(-c3ccccn3)no2)c1. The van der Waals surface area contributed by atoms with Gasteiger partial charge in [0.25, 0.3) is 5.89 Å². The molecular weight excluding hydrogens is 238 g/mol. The summed E-state index contributed by atoms with van der Waals surface area (Å²) in [6.07, 6.45) is 1.71. The van der Waals surface area contributed by atoms with Crippen molar-refractivity contribution < 1.29 is 4.52 Å². The predicted octanol–water partition coefficient (Wildman–Crippen LogP) is 3.42. The van der Waals surface area contributed by atoms with Gasteiger partial charge in [0.05, 0.1) is 0 Å². The Morgan fingerprint density at radius 3 is 2.47 bits per heavy atom. The lowest BCUT2D eigenvalue weighted by atomic mass is 10.1. The number of benzene rings is 1. The van der Waals surface area contributed by atoms with Crippen molar-refractivity contribution in [3.8, 4) is 23.0 Å². The molecule has 0 aliphatic heterocycles. The molecule has 0 N–H and O–H groups in total. The fourth-order valence-corrected chi connectivity index (χ4v) is 2.04. The van der Waals surface area contributed by atoms with E-state index in [2.05, 4.69) is 21.2 Å². The minimum atomic E-state index is 0.509. The lowest BCUT2D eigenvalue weighted by molar-refractivity contribution is 0.432. The second kappa shape index (κ2) is 4.65.